The normalized spacial score (nSPS) is 12.6. The van der Waals surface area contributed by atoms with Gasteiger partial charge in [0, 0.05) is 13.1 Å². The summed E-state index contributed by atoms with van der Waals surface area (Å²) in [5, 5.41) is 0. The molecule has 3 nitrogen and oxygen atoms in total. The molecule has 0 aromatic rings. The minimum atomic E-state index is 0.0341. The number of nitrogens with zero attached hydrogens (tertiary/aromatic N) is 2. The van der Waals surface area contributed by atoms with Gasteiger partial charge in [-0.15, -0.1) is 0 Å². The molecule has 0 aromatic carbocycles. The number of carbonyl (C=O) groups excluding carboxylic acids is 1. The van der Waals surface area contributed by atoms with Crippen molar-refractivity contribution >= 4 is 5.91 Å². The largest absolute Gasteiger partial charge is 0.341 e. The first-order chi connectivity index (χ1) is 10.6. The van der Waals surface area contributed by atoms with E-state index in [1.165, 1.54) is 25.7 Å². The molecule has 1 atom stereocenters. The van der Waals surface area contributed by atoms with E-state index in [1.54, 1.807) is 0 Å². The molecule has 0 aliphatic heterocycles. The topological polar surface area (TPSA) is 23.6 Å². The van der Waals surface area contributed by atoms with Crippen molar-refractivity contribution in [2.75, 3.05) is 26.2 Å². The highest BCUT2D eigenvalue weighted by atomic mass is 16.2. The lowest BCUT2D eigenvalue weighted by atomic mass is 10.1. The van der Waals surface area contributed by atoms with Crippen LogP contribution in [0.3, 0.4) is 0 Å². The van der Waals surface area contributed by atoms with Crippen LogP contribution in [0, 0.1) is 0 Å². The van der Waals surface area contributed by atoms with Crippen LogP contribution in [0.15, 0.2) is 0 Å². The van der Waals surface area contributed by atoms with E-state index in [2.05, 4.69) is 44.4 Å². The average Bonchev–Trinajstić information content (AvgIpc) is 2.54. The molecule has 0 aliphatic rings. The smallest absolute Gasteiger partial charge is 0.239 e. The molecule has 132 valence electrons. The predicted octanol–water partition coefficient (Wildman–Crippen LogP) is 4.71. The Kier molecular flexibility index (Phi) is 13.7. The SMILES string of the molecule is CCCCN(CCCC)C(=O)C(C)N(CCCC)CCCC. The Hall–Kier alpha value is -0.570. The summed E-state index contributed by atoms with van der Waals surface area (Å²) in [6.07, 6.45) is 9.30. The van der Waals surface area contributed by atoms with E-state index < -0.39 is 0 Å². The summed E-state index contributed by atoms with van der Waals surface area (Å²) in [6.45, 7) is 14.9. The summed E-state index contributed by atoms with van der Waals surface area (Å²) in [7, 11) is 0. The fourth-order valence-electron chi connectivity index (χ4n) is 2.67. The Morgan fingerprint density at radius 2 is 1.09 bits per heavy atom. The standard InChI is InChI=1S/C19H40N2O/c1-6-10-14-20(15-11-7-2)18(5)19(22)21(16-12-8-3)17-13-9-4/h18H,6-17H2,1-5H3. The lowest BCUT2D eigenvalue weighted by Gasteiger charge is -2.33. The zero-order valence-electron chi connectivity index (χ0n) is 15.9. The molecule has 0 spiro atoms. The van der Waals surface area contributed by atoms with Crippen molar-refractivity contribution in [3.05, 3.63) is 0 Å². The van der Waals surface area contributed by atoms with Gasteiger partial charge in [0.05, 0.1) is 6.04 Å². The van der Waals surface area contributed by atoms with Crippen LogP contribution >= 0.6 is 0 Å². The summed E-state index contributed by atoms with van der Waals surface area (Å²) in [5.74, 6) is 0.342. The zero-order valence-corrected chi connectivity index (χ0v) is 15.9. The molecule has 0 aromatic heterocycles. The van der Waals surface area contributed by atoms with E-state index in [0.717, 1.165) is 51.9 Å². The third kappa shape index (κ3) is 8.77. The van der Waals surface area contributed by atoms with E-state index in [4.69, 9.17) is 0 Å². The molecule has 0 aliphatic carbocycles. The Morgan fingerprint density at radius 3 is 1.45 bits per heavy atom. The second-order valence-electron chi connectivity index (χ2n) is 6.45. The zero-order chi connectivity index (χ0) is 16.8. The van der Waals surface area contributed by atoms with Crippen molar-refractivity contribution in [1.82, 2.24) is 9.80 Å². The molecule has 0 bridgehead atoms. The minimum absolute atomic E-state index is 0.0341. The number of amides is 1. The Bertz CT molecular complexity index is 252. The van der Waals surface area contributed by atoms with Crippen LogP contribution in [-0.2, 0) is 4.79 Å². The first kappa shape index (κ1) is 21.4. The van der Waals surface area contributed by atoms with Crippen molar-refractivity contribution in [1.29, 1.82) is 0 Å². The molecule has 0 heterocycles. The summed E-state index contributed by atoms with van der Waals surface area (Å²) in [6, 6.07) is 0.0341. The van der Waals surface area contributed by atoms with Gasteiger partial charge in [-0.05, 0) is 45.7 Å². The first-order valence-corrected chi connectivity index (χ1v) is 9.65. The molecule has 0 radical (unpaired) electrons. The lowest BCUT2D eigenvalue weighted by molar-refractivity contribution is -0.136. The van der Waals surface area contributed by atoms with Crippen molar-refractivity contribution in [2.24, 2.45) is 0 Å². The molecular weight excluding hydrogens is 272 g/mol. The monoisotopic (exact) mass is 312 g/mol. The number of hydrogen-bond acceptors (Lipinski definition) is 2. The minimum Gasteiger partial charge on any atom is -0.341 e. The van der Waals surface area contributed by atoms with Crippen molar-refractivity contribution in [2.45, 2.75) is 92.0 Å². The number of hydrogen-bond donors (Lipinski definition) is 0. The molecule has 1 unspecified atom stereocenters. The first-order valence-electron chi connectivity index (χ1n) is 9.65. The van der Waals surface area contributed by atoms with Crippen LogP contribution in [0.4, 0.5) is 0 Å². The maximum absolute atomic E-state index is 12.9. The Balaban J connectivity index is 4.71. The van der Waals surface area contributed by atoms with Gasteiger partial charge in [0.1, 0.15) is 0 Å². The van der Waals surface area contributed by atoms with Crippen LogP contribution in [0.25, 0.3) is 0 Å². The molecule has 0 saturated carbocycles. The van der Waals surface area contributed by atoms with Gasteiger partial charge in [-0.2, -0.15) is 0 Å². The summed E-state index contributed by atoms with van der Waals surface area (Å²) < 4.78 is 0. The maximum Gasteiger partial charge on any atom is 0.239 e. The van der Waals surface area contributed by atoms with Gasteiger partial charge in [0.15, 0.2) is 0 Å². The quantitative estimate of drug-likeness (QED) is 0.464. The highest BCUT2D eigenvalue weighted by Crippen LogP contribution is 2.10. The Morgan fingerprint density at radius 1 is 0.727 bits per heavy atom. The molecule has 0 N–H and O–H groups in total. The van der Waals surface area contributed by atoms with Crippen LogP contribution in [-0.4, -0.2) is 47.9 Å². The van der Waals surface area contributed by atoms with Gasteiger partial charge in [0.25, 0.3) is 0 Å². The van der Waals surface area contributed by atoms with Gasteiger partial charge in [0.2, 0.25) is 5.91 Å². The third-order valence-corrected chi connectivity index (χ3v) is 4.38. The molecule has 0 saturated heterocycles. The van der Waals surface area contributed by atoms with Gasteiger partial charge < -0.3 is 4.90 Å². The van der Waals surface area contributed by atoms with E-state index in [-0.39, 0.29) is 6.04 Å². The summed E-state index contributed by atoms with van der Waals surface area (Å²) in [4.78, 5) is 17.4. The van der Waals surface area contributed by atoms with Gasteiger partial charge >= 0.3 is 0 Å². The van der Waals surface area contributed by atoms with E-state index in [1.807, 2.05) is 0 Å². The second-order valence-corrected chi connectivity index (χ2v) is 6.45. The van der Waals surface area contributed by atoms with Gasteiger partial charge in [-0.3, -0.25) is 9.69 Å². The highest BCUT2D eigenvalue weighted by Gasteiger charge is 2.24. The van der Waals surface area contributed by atoms with Crippen molar-refractivity contribution in [3.8, 4) is 0 Å². The number of rotatable bonds is 14. The molecular formula is C19H40N2O. The number of unbranched alkanes of at least 4 members (excludes halogenated alkanes) is 4. The van der Waals surface area contributed by atoms with Crippen LogP contribution in [0.1, 0.15) is 86.0 Å². The summed E-state index contributed by atoms with van der Waals surface area (Å²) >= 11 is 0. The summed E-state index contributed by atoms with van der Waals surface area (Å²) in [5.41, 5.74) is 0. The molecule has 0 fully saturated rings. The molecule has 22 heavy (non-hydrogen) atoms. The van der Waals surface area contributed by atoms with Crippen LogP contribution < -0.4 is 0 Å². The lowest BCUT2D eigenvalue weighted by Crippen LogP contribution is -2.48. The van der Waals surface area contributed by atoms with Gasteiger partial charge in [-0.25, -0.2) is 0 Å². The fourth-order valence-corrected chi connectivity index (χ4v) is 2.67. The van der Waals surface area contributed by atoms with E-state index >= 15 is 0 Å². The van der Waals surface area contributed by atoms with E-state index in [9.17, 15) is 4.79 Å². The molecule has 3 heteroatoms. The predicted molar refractivity (Wildman–Crippen MR) is 97.2 cm³/mol. The highest BCUT2D eigenvalue weighted by molar-refractivity contribution is 5.81. The molecule has 0 rings (SSSR count). The maximum atomic E-state index is 12.9. The van der Waals surface area contributed by atoms with Gasteiger partial charge in [-0.1, -0.05) is 53.4 Å². The fraction of sp³-hybridized carbons (Fsp3) is 0.947. The third-order valence-electron chi connectivity index (χ3n) is 4.38. The molecule has 1 amide bonds. The van der Waals surface area contributed by atoms with E-state index in [0.29, 0.717) is 5.91 Å². The second kappa shape index (κ2) is 14.0. The van der Waals surface area contributed by atoms with Crippen LogP contribution in [0.2, 0.25) is 0 Å². The number of carbonyl (C=O) groups is 1. The Labute approximate surface area is 139 Å². The van der Waals surface area contributed by atoms with Crippen molar-refractivity contribution in [3.63, 3.8) is 0 Å². The van der Waals surface area contributed by atoms with Crippen molar-refractivity contribution < 1.29 is 4.79 Å². The average molecular weight is 313 g/mol. The van der Waals surface area contributed by atoms with Crippen LogP contribution in [0.5, 0.6) is 0 Å².